The Bertz CT molecular complexity index is 337. The molecule has 0 heterocycles. The van der Waals surface area contributed by atoms with Crippen LogP contribution in [0.5, 0.6) is 0 Å². The number of ether oxygens (including phenoxy) is 1. The zero-order valence-electron chi connectivity index (χ0n) is 8.93. The van der Waals surface area contributed by atoms with Crippen LogP contribution in [0.2, 0.25) is 0 Å². The quantitative estimate of drug-likeness (QED) is 0.559. The van der Waals surface area contributed by atoms with Gasteiger partial charge in [-0.05, 0) is 12.1 Å². The predicted molar refractivity (Wildman–Crippen MR) is 62.1 cm³/mol. The molecule has 2 N–H and O–H groups in total. The van der Waals surface area contributed by atoms with Gasteiger partial charge >= 0.3 is 5.97 Å². The lowest BCUT2D eigenvalue weighted by Crippen LogP contribution is -2.30. The summed E-state index contributed by atoms with van der Waals surface area (Å²) in [7, 11) is 0. The van der Waals surface area contributed by atoms with E-state index in [-0.39, 0.29) is 13.2 Å². The fourth-order valence-corrected chi connectivity index (χ4v) is 1.09. The molecule has 0 amide bonds. The van der Waals surface area contributed by atoms with Gasteiger partial charge in [-0.1, -0.05) is 30.9 Å². The van der Waals surface area contributed by atoms with Crippen molar-refractivity contribution in [1.29, 1.82) is 0 Å². The SMILES string of the molecule is C=CCOC(=O)C(O)CNc1ccccc1. The maximum absolute atomic E-state index is 11.2. The minimum absolute atomic E-state index is 0.112. The van der Waals surface area contributed by atoms with E-state index in [1.54, 1.807) is 0 Å². The van der Waals surface area contributed by atoms with E-state index in [4.69, 9.17) is 4.74 Å². The Morgan fingerprint density at radius 1 is 1.50 bits per heavy atom. The first kappa shape index (κ1) is 12.3. The molecule has 0 spiro atoms. The van der Waals surface area contributed by atoms with Crippen molar-refractivity contribution in [2.45, 2.75) is 6.10 Å². The molecule has 1 aromatic rings. The van der Waals surface area contributed by atoms with Gasteiger partial charge in [0.25, 0.3) is 0 Å². The largest absolute Gasteiger partial charge is 0.460 e. The maximum Gasteiger partial charge on any atom is 0.337 e. The number of benzene rings is 1. The molecule has 0 fully saturated rings. The average Bonchev–Trinajstić information content (AvgIpc) is 2.34. The van der Waals surface area contributed by atoms with Crippen molar-refractivity contribution < 1.29 is 14.6 Å². The molecule has 16 heavy (non-hydrogen) atoms. The normalized spacial score (nSPS) is 11.6. The zero-order chi connectivity index (χ0) is 11.8. The molecule has 0 aliphatic rings. The summed E-state index contributed by atoms with van der Waals surface area (Å²) in [6, 6.07) is 9.32. The molecule has 0 bridgehead atoms. The maximum atomic E-state index is 11.2. The smallest absolute Gasteiger partial charge is 0.337 e. The molecule has 86 valence electrons. The third kappa shape index (κ3) is 4.14. The summed E-state index contributed by atoms with van der Waals surface area (Å²) in [5.41, 5.74) is 0.845. The number of carbonyl (C=O) groups is 1. The predicted octanol–water partition coefficient (Wildman–Crippen LogP) is 1.19. The molecule has 4 nitrogen and oxygen atoms in total. The number of aliphatic hydroxyl groups is 1. The molecule has 0 saturated heterocycles. The molecule has 1 unspecified atom stereocenters. The van der Waals surface area contributed by atoms with Gasteiger partial charge in [0.1, 0.15) is 6.61 Å². The Hall–Kier alpha value is -1.81. The molecular formula is C12H15NO3. The molecule has 0 radical (unpaired) electrons. The van der Waals surface area contributed by atoms with Gasteiger partial charge in [0.05, 0.1) is 6.54 Å². The van der Waals surface area contributed by atoms with Crippen molar-refractivity contribution in [2.24, 2.45) is 0 Å². The van der Waals surface area contributed by atoms with Gasteiger partial charge in [-0.3, -0.25) is 0 Å². The summed E-state index contributed by atoms with van der Waals surface area (Å²) >= 11 is 0. The molecule has 1 rings (SSSR count). The number of anilines is 1. The highest BCUT2D eigenvalue weighted by Crippen LogP contribution is 2.04. The van der Waals surface area contributed by atoms with Crippen LogP contribution in [-0.2, 0) is 9.53 Å². The minimum Gasteiger partial charge on any atom is -0.460 e. The second kappa shape index (κ2) is 6.63. The lowest BCUT2D eigenvalue weighted by Gasteiger charge is -2.11. The topological polar surface area (TPSA) is 58.6 Å². The van der Waals surface area contributed by atoms with Crippen LogP contribution in [-0.4, -0.2) is 30.3 Å². The van der Waals surface area contributed by atoms with Gasteiger partial charge in [-0.2, -0.15) is 0 Å². The highest BCUT2D eigenvalue weighted by molar-refractivity contribution is 5.75. The first-order valence-electron chi connectivity index (χ1n) is 4.98. The van der Waals surface area contributed by atoms with E-state index < -0.39 is 12.1 Å². The molecular weight excluding hydrogens is 206 g/mol. The fourth-order valence-electron chi connectivity index (χ4n) is 1.09. The zero-order valence-corrected chi connectivity index (χ0v) is 8.93. The molecule has 0 saturated carbocycles. The first-order chi connectivity index (χ1) is 7.74. The number of hydrogen-bond donors (Lipinski definition) is 2. The van der Waals surface area contributed by atoms with Crippen molar-refractivity contribution in [1.82, 2.24) is 0 Å². The standard InChI is InChI=1S/C12H15NO3/c1-2-8-16-12(15)11(14)9-13-10-6-4-3-5-7-10/h2-7,11,13-14H,1,8-9H2. The summed E-state index contributed by atoms with van der Waals surface area (Å²) in [6.45, 7) is 3.65. The summed E-state index contributed by atoms with van der Waals surface area (Å²) in [6.07, 6.45) is 0.287. The summed E-state index contributed by atoms with van der Waals surface area (Å²) in [5.74, 6) is -0.650. The highest BCUT2D eigenvalue weighted by Gasteiger charge is 2.15. The third-order valence-corrected chi connectivity index (χ3v) is 1.89. The average molecular weight is 221 g/mol. The Balaban J connectivity index is 2.32. The minimum atomic E-state index is -1.17. The molecule has 1 atom stereocenters. The van der Waals surface area contributed by atoms with Crippen molar-refractivity contribution in [2.75, 3.05) is 18.5 Å². The van der Waals surface area contributed by atoms with E-state index in [0.717, 1.165) is 5.69 Å². The Morgan fingerprint density at radius 3 is 2.81 bits per heavy atom. The Morgan fingerprint density at radius 2 is 2.19 bits per heavy atom. The molecule has 1 aromatic carbocycles. The van der Waals surface area contributed by atoms with Crippen LogP contribution in [0, 0.1) is 0 Å². The van der Waals surface area contributed by atoms with Crippen molar-refractivity contribution in [3.05, 3.63) is 43.0 Å². The molecule has 4 heteroatoms. The van der Waals surface area contributed by atoms with Crippen LogP contribution in [0.1, 0.15) is 0 Å². The number of aliphatic hydroxyl groups excluding tert-OH is 1. The monoisotopic (exact) mass is 221 g/mol. The van der Waals surface area contributed by atoms with Crippen LogP contribution < -0.4 is 5.32 Å². The van der Waals surface area contributed by atoms with E-state index in [1.807, 2.05) is 30.3 Å². The van der Waals surface area contributed by atoms with Crippen LogP contribution in [0.15, 0.2) is 43.0 Å². The summed E-state index contributed by atoms with van der Waals surface area (Å²) in [5, 5.41) is 12.4. The summed E-state index contributed by atoms with van der Waals surface area (Å²) in [4.78, 5) is 11.2. The molecule has 0 aliphatic heterocycles. The number of para-hydroxylation sites is 1. The van der Waals surface area contributed by atoms with Gasteiger partial charge in [-0.25, -0.2) is 4.79 Å². The van der Waals surface area contributed by atoms with E-state index >= 15 is 0 Å². The Kier molecular flexibility index (Phi) is 5.08. The number of esters is 1. The number of carbonyl (C=O) groups excluding carboxylic acids is 1. The van der Waals surface area contributed by atoms with Gasteiger partial charge in [-0.15, -0.1) is 0 Å². The lowest BCUT2D eigenvalue weighted by molar-refractivity contribution is -0.151. The van der Waals surface area contributed by atoms with Gasteiger partial charge in [0.15, 0.2) is 6.10 Å². The second-order valence-corrected chi connectivity index (χ2v) is 3.18. The highest BCUT2D eigenvalue weighted by atomic mass is 16.5. The molecule has 0 aromatic heterocycles. The van der Waals surface area contributed by atoms with E-state index in [0.29, 0.717) is 0 Å². The van der Waals surface area contributed by atoms with Crippen molar-refractivity contribution in [3.63, 3.8) is 0 Å². The van der Waals surface area contributed by atoms with E-state index in [2.05, 4.69) is 11.9 Å². The second-order valence-electron chi connectivity index (χ2n) is 3.18. The number of hydrogen-bond acceptors (Lipinski definition) is 4. The first-order valence-corrected chi connectivity index (χ1v) is 4.98. The molecule has 0 aliphatic carbocycles. The van der Waals surface area contributed by atoms with Crippen LogP contribution >= 0.6 is 0 Å². The number of nitrogens with one attached hydrogen (secondary N) is 1. The number of rotatable bonds is 6. The van der Waals surface area contributed by atoms with E-state index in [1.165, 1.54) is 6.08 Å². The van der Waals surface area contributed by atoms with Crippen molar-refractivity contribution >= 4 is 11.7 Å². The van der Waals surface area contributed by atoms with E-state index in [9.17, 15) is 9.90 Å². The van der Waals surface area contributed by atoms with Crippen LogP contribution in [0.25, 0.3) is 0 Å². The third-order valence-electron chi connectivity index (χ3n) is 1.89. The Labute approximate surface area is 94.6 Å². The van der Waals surface area contributed by atoms with Crippen molar-refractivity contribution in [3.8, 4) is 0 Å². The van der Waals surface area contributed by atoms with Crippen LogP contribution in [0.4, 0.5) is 5.69 Å². The summed E-state index contributed by atoms with van der Waals surface area (Å²) < 4.78 is 4.69. The fraction of sp³-hybridized carbons (Fsp3) is 0.250. The van der Waals surface area contributed by atoms with Gasteiger partial charge in [0.2, 0.25) is 0 Å². The lowest BCUT2D eigenvalue weighted by atomic mass is 10.3. The van der Waals surface area contributed by atoms with Gasteiger partial charge < -0.3 is 15.2 Å². The van der Waals surface area contributed by atoms with Gasteiger partial charge in [0, 0.05) is 5.69 Å². The van der Waals surface area contributed by atoms with Crippen LogP contribution in [0.3, 0.4) is 0 Å².